The van der Waals surface area contributed by atoms with Gasteiger partial charge in [-0.15, -0.1) is 0 Å². The molecule has 6 nitrogen and oxygen atoms in total. The predicted molar refractivity (Wildman–Crippen MR) is 68.5 cm³/mol. The summed E-state index contributed by atoms with van der Waals surface area (Å²) in [5.41, 5.74) is 0.0271. The fourth-order valence-corrected chi connectivity index (χ4v) is 2.79. The normalized spacial score (nSPS) is 10.9. The molecule has 2 N–H and O–H groups in total. The first-order valence-electron chi connectivity index (χ1n) is 4.61. The van der Waals surface area contributed by atoms with Crippen LogP contribution in [-0.4, -0.2) is 22.3 Å². The van der Waals surface area contributed by atoms with Crippen LogP contribution in [0.3, 0.4) is 0 Å². The summed E-state index contributed by atoms with van der Waals surface area (Å²) in [7, 11) is 2.73. The lowest BCUT2D eigenvalue weighted by atomic mass is 10.4. The van der Waals surface area contributed by atoms with Crippen LogP contribution in [0.15, 0.2) is 35.5 Å². The van der Waals surface area contributed by atoms with Gasteiger partial charge in [0.1, 0.15) is 0 Å². The summed E-state index contributed by atoms with van der Waals surface area (Å²) in [5, 5.41) is 11.1. The third kappa shape index (κ3) is 5.18. The number of nitrogens with zero attached hydrogens (tertiary/aromatic N) is 2. The first-order valence-corrected chi connectivity index (χ1v) is 6.93. The van der Waals surface area contributed by atoms with Crippen LogP contribution in [0.25, 0.3) is 0 Å². The monoisotopic (exact) mass is 273 g/mol. The third-order valence-corrected chi connectivity index (χ3v) is 3.76. The van der Waals surface area contributed by atoms with Gasteiger partial charge in [-0.05, 0) is 16.9 Å². The van der Waals surface area contributed by atoms with Crippen molar-refractivity contribution in [2.24, 2.45) is 5.90 Å². The maximum Gasteiger partial charge on any atom is 0.302 e. The van der Waals surface area contributed by atoms with E-state index >= 15 is 0 Å². The first kappa shape index (κ1) is 14.0. The Morgan fingerprint density at radius 1 is 1.59 bits per heavy atom. The summed E-state index contributed by atoms with van der Waals surface area (Å²) in [6.07, 6.45) is 5.19. The van der Waals surface area contributed by atoms with Crippen LogP contribution in [0.2, 0.25) is 0 Å². The Kier molecular flexibility index (Phi) is 6.63. The number of aromatic nitrogens is 1. The molecule has 1 aromatic rings. The number of pyridine rings is 1. The summed E-state index contributed by atoms with van der Waals surface area (Å²) in [5.74, 6) is 5.54. The molecule has 0 atom stereocenters. The molecule has 0 saturated heterocycles. The van der Waals surface area contributed by atoms with Crippen molar-refractivity contribution < 1.29 is 9.76 Å². The zero-order chi connectivity index (χ0) is 12.5. The van der Waals surface area contributed by atoms with Crippen LogP contribution in [0, 0.1) is 10.1 Å². The minimum atomic E-state index is -0.437. The molecule has 1 rings (SSSR count). The van der Waals surface area contributed by atoms with Crippen molar-refractivity contribution in [3.8, 4) is 0 Å². The molecule has 1 aromatic heterocycles. The topological polar surface area (TPSA) is 91.3 Å². The maximum absolute atomic E-state index is 10.7. The van der Waals surface area contributed by atoms with Gasteiger partial charge in [0.2, 0.25) is 0 Å². The SMILES string of the molecule is NOC/C=C/CSSc1ncccc1[N+](=O)[O-]. The maximum atomic E-state index is 10.7. The van der Waals surface area contributed by atoms with Gasteiger partial charge in [-0.25, -0.2) is 10.9 Å². The summed E-state index contributed by atoms with van der Waals surface area (Å²) < 4.78 is 0. The summed E-state index contributed by atoms with van der Waals surface area (Å²) >= 11 is 0. The summed E-state index contributed by atoms with van der Waals surface area (Å²) in [4.78, 5) is 18.6. The van der Waals surface area contributed by atoms with Crippen molar-refractivity contribution in [3.05, 3.63) is 40.6 Å². The molecule has 0 aromatic carbocycles. The molecular weight excluding hydrogens is 262 g/mol. The summed E-state index contributed by atoms with van der Waals surface area (Å²) in [6, 6.07) is 2.99. The lowest BCUT2D eigenvalue weighted by Crippen LogP contribution is -1.97. The van der Waals surface area contributed by atoms with Gasteiger partial charge >= 0.3 is 5.69 Å². The van der Waals surface area contributed by atoms with Gasteiger partial charge in [-0.3, -0.25) is 10.1 Å². The standard InChI is InChI=1S/C9H11N3O3S2/c10-15-6-1-2-7-16-17-9-8(12(13)14)4-3-5-11-9/h1-5H,6-7,10H2/b2-1+. The van der Waals surface area contributed by atoms with Gasteiger partial charge in [0.25, 0.3) is 0 Å². The second kappa shape index (κ2) is 8.07. The van der Waals surface area contributed by atoms with Crippen molar-refractivity contribution in [1.29, 1.82) is 0 Å². The molecule has 0 unspecified atom stereocenters. The fraction of sp³-hybridized carbons (Fsp3) is 0.222. The molecule has 0 aliphatic carbocycles. The Hall–Kier alpha value is -1.09. The highest BCUT2D eigenvalue weighted by Gasteiger charge is 2.14. The molecular formula is C9H11N3O3S2. The molecule has 0 radical (unpaired) electrons. The van der Waals surface area contributed by atoms with Crippen LogP contribution >= 0.6 is 21.6 Å². The lowest BCUT2D eigenvalue weighted by Gasteiger charge is -1.98. The second-order valence-corrected chi connectivity index (χ2v) is 5.09. The molecule has 0 fully saturated rings. The van der Waals surface area contributed by atoms with Crippen LogP contribution in [0.4, 0.5) is 5.69 Å². The number of hydrogen-bond acceptors (Lipinski definition) is 7. The Bertz CT molecular complexity index is 401. The highest BCUT2D eigenvalue weighted by Crippen LogP contribution is 2.35. The zero-order valence-corrected chi connectivity index (χ0v) is 10.4. The Morgan fingerprint density at radius 2 is 2.41 bits per heavy atom. The molecule has 1 heterocycles. The van der Waals surface area contributed by atoms with E-state index in [4.69, 9.17) is 5.90 Å². The molecule has 0 saturated carbocycles. The van der Waals surface area contributed by atoms with E-state index in [0.717, 1.165) is 0 Å². The van der Waals surface area contributed by atoms with E-state index in [1.54, 1.807) is 12.1 Å². The van der Waals surface area contributed by atoms with Crippen LogP contribution in [-0.2, 0) is 4.84 Å². The second-order valence-electron chi connectivity index (χ2n) is 2.76. The van der Waals surface area contributed by atoms with E-state index in [1.165, 1.54) is 33.9 Å². The molecule has 17 heavy (non-hydrogen) atoms. The van der Waals surface area contributed by atoms with E-state index in [1.807, 2.05) is 6.08 Å². The van der Waals surface area contributed by atoms with Crippen LogP contribution < -0.4 is 5.90 Å². The molecule has 8 heteroatoms. The summed E-state index contributed by atoms with van der Waals surface area (Å²) in [6.45, 7) is 0.356. The van der Waals surface area contributed by atoms with E-state index in [9.17, 15) is 10.1 Å². The van der Waals surface area contributed by atoms with Gasteiger partial charge in [0, 0.05) is 18.0 Å². The Morgan fingerprint density at radius 3 is 3.12 bits per heavy atom. The lowest BCUT2D eigenvalue weighted by molar-refractivity contribution is -0.388. The minimum Gasteiger partial charge on any atom is -0.300 e. The smallest absolute Gasteiger partial charge is 0.300 e. The average molecular weight is 273 g/mol. The largest absolute Gasteiger partial charge is 0.302 e. The number of nitrogens with two attached hydrogens (primary N) is 1. The molecule has 92 valence electrons. The Balaban J connectivity index is 2.44. The van der Waals surface area contributed by atoms with Crippen molar-refractivity contribution in [1.82, 2.24) is 4.98 Å². The molecule has 0 bridgehead atoms. The molecule has 0 aliphatic heterocycles. The van der Waals surface area contributed by atoms with Gasteiger partial charge in [0.15, 0.2) is 5.03 Å². The van der Waals surface area contributed by atoms with Crippen molar-refractivity contribution in [3.63, 3.8) is 0 Å². The molecule has 0 spiro atoms. The zero-order valence-electron chi connectivity index (χ0n) is 8.81. The third-order valence-electron chi connectivity index (χ3n) is 1.61. The van der Waals surface area contributed by atoms with Gasteiger partial charge < -0.3 is 4.84 Å². The first-order chi connectivity index (χ1) is 8.25. The number of rotatable bonds is 7. The Labute approximate surface area is 106 Å². The minimum absolute atomic E-state index is 0.0271. The number of hydrogen-bond donors (Lipinski definition) is 1. The number of nitro groups is 1. The van der Waals surface area contributed by atoms with Crippen molar-refractivity contribution in [2.75, 3.05) is 12.4 Å². The predicted octanol–water partition coefficient (Wildman–Crippen LogP) is 2.18. The van der Waals surface area contributed by atoms with Crippen LogP contribution in [0.1, 0.15) is 0 Å². The fourth-order valence-electron chi connectivity index (χ4n) is 0.906. The van der Waals surface area contributed by atoms with E-state index in [0.29, 0.717) is 17.4 Å². The van der Waals surface area contributed by atoms with Crippen molar-refractivity contribution in [2.45, 2.75) is 5.03 Å². The molecule has 0 amide bonds. The van der Waals surface area contributed by atoms with Crippen LogP contribution in [0.5, 0.6) is 0 Å². The van der Waals surface area contributed by atoms with Gasteiger partial charge in [-0.1, -0.05) is 22.9 Å². The van der Waals surface area contributed by atoms with E-state index in [2.05, 4.69) is 9.82 Å². The average Bonchev–Trinajstić information content (AvgIpc) is 2.34. The van der Waals surface area contributed by atoms with E-state index < -0.39 is 4.92 Å². The highest BCUT2D eigenvalue weighted by atomic mass is 33.1. The quantitative estimate of drug-likeness (QED) is 0.267. The highest BCUT2D eigenvalue weighted by molar-refractivity contribution is 8.76. The van der Waals surface area contributed by atoms with E-state index in [-0.39, 0.29) is 5.69 Å². The van der Waals surface area contributed by atoms with Crippen molar-refractivity contribution >= 4 is 27.3 Å². The van der Waals surface area contributed by atoms with Gasteiger partial charge in [0.05, 0.1) is 11.5 Å². The molecule has 0 aliphatic rings. The van der Waals surface area contributed by atoms with Gasteiger partial charge in [-0.2, -0.15) is 0 Å².